The van der Waals surface area contributed by atoms with Crippen LogP contribution in [0.15, 0.2) is 36.4 Å². The van der Waals surface area contributed by atoms with Gasteiger partial charge in [0.15, 0.2) is 23.0 Å². The summed E-state index contributed by atoms with van der Waals surface area (Å²) in [6.07, 6.45) is 0. The third-order valence-corrected chi connectivity index (χ3v) is 4.32. The van der Waals surface area contributed by atoms with E-state index in [1.165, 1.54) is 24.1 Å². The minimum absolute atomic E-state index is 0.0961. The van der Waals surface area contributed by atoms with Crippen molar-refractivity contribution in [3.05, 3.63) is 47.5 Å². The molecule has 0 fully saturated rings. The molecule has 160 valence electrons. The second-order valence-electron chi connectivity index (χ2n) is 6.36. The average molecular weight is 422 g/mol. The van der Waals surface area contributed by atoms with Gasteiger partial charge in [0.1, 0.15) is 0 Å². The molecular weight excluding hydrogens is 402 g/mol. The first-order valence-corrected chi connectivity index (χ1v) is 8.91. The highest BCUT2D eigenvalue weighted by Gasteiger charge is 2.18. The molecule has 0 unspecified atom stereocenters. The van der Waals surface area contributed by atoms with Crippen LogP contribution in [0.4, 0.5) is 8.78 Å². The fraction of sp³-hybridized carbons (Fsp3) is 0.300. The molecule has 0 spiro atoms. The molecule has 1 aliphatic heterocycles. The van der Waals surface area contributed by atoms with Gasteiger partial charge in [0.25, 0.3) is 5.91 Å². The fourth-order valence-electron chi connectivity index (χ4n) is 2.80. The van der Waals surface area contributed by atoms with Crippen LogP contribution in [0, 0.1) is 0 Å². The van der Waals surface area contributed by atoms with Gasteiger partial charge in [0.2, 0.25) is 12.7 Å². The summed E-state index contributed by atoms with van der Waals surface area (Å²) in [7, 11) is 2.89. The van der Waals surface area contributed by atoms with Gasteiger partial charge in [0.05, 0.1) is 13.7 Å². The molecule has 1 N–H and O–H groups in total. The average Bonchev–Trinajstić information content (AvgIpc) is 3.20. The highest BCUT2D eigenvalue weighted by atomic mass is 19.3. The lowest BCUT2D eigenvalue weighted by molar-refractivity contribution is -0.129. The van der Waals surface area contributed by atoms with Crippen molar-refractivity contribution in [2.75, 3.05) is 27.5 Å². The minimum atomic E-state index is -2.97. The van der Waals surface area contributed by atoms with Gasteiger partial charge in [-0.3, -0.25) is 9.59 Å². The summed E-state index contributed by atoms with van der Waals surface area (Å²) in [6.45, 7) is -2.90. The largest absolute Gasteiger partial charge is 0.493 e. The first-order chi connectivity index (χ1) is 14.4. The van der Waals surface area contributed by atoms with E-state index < -0.39 is 12.5 Å². The lowest BCUT2D eigenvalue weighted by Crippen LogP contribution is -2.37. The number of fused-ring (bicyclic) bond motifs is 1. The van der Waals surface area contributed by atoms with E-state index in [9.17, 15) is 18.4 Å². The molecule has 1 aliphatic rings. The lowest BCUT2D eigenvalue weighted by Gasteiger charge is -2.19. The smallest absolute Gasteiger partial charge is 0.387 e. The Balaban J connectivity index is 1.55. The van der Waals surface area contributed by atoms with Gasteiger partial charge in [-0.2, -0.15) is 8.78 Å². The molecule has 10 heteroatoms. The molecule has 2 aromatic carbocycles. The number of benzene rings is 2. The fourth-order valence-corrected chi connectivity index (χ4v) is 2.80. The number of nitrogens with zero attached hydrogens (tertiary/aromatic N) is 1. The van der Waals surface area contributed by atoms with Crippen LogP contribution in [0.25, 0.3) is 0 Å². The van der Waals surface area contributed by atoms with E-state index in [1.54, 1.807) is 31.3 Å². The first-order valence-electron chi connectivity index (χ1n) is 8.91. The first kappa shape index (κ1) is 21.2. The molecule has 2 aromatic rings. The highest BCUT2D eigenvalue weighted by molar-refractivity contribution is 5.97. The zero-order chi connectivity index (χ0) is 21.7. The monoisotopic (exact) mass is 422 g/mol. The van der Waals surface area contributed by atoms with Crippen molar-refractivity contribution in [2.45, 2.75) is 13.2 Å². The van der Waals surface area contributed by atoms with Crippen LogP contribution in [0.2, 0.25) is 0 Å². The Labute approximate surface area is 171 Å². The molecule has 8 nitrogen and oxygen atoms in total. The quantitative estimate of drug-likeness (QED) is 0.703. The summed E-state index contributed by atoms with van der Waals surface area (Å²) in [4.78, 5) is 26.0. The van der Waals surface area contributed by atoms with Gasteiger partial charge in [-0.25, -0.2) is 0 Å². The minimum Gasteiger partial charge on any atom is -0.493 e. The number of carbonyl (C=O) groups excluding carboxylic acids is 2. The summed E-state index contributed by atoms with van der Waals surface area (Å²) in [5.41, 5.74) is 0.987. The summed E-state index contributed by atoms with van der Waals surface area (Å²) in [6, 6.07) is 9.15. The van der Waals surface area contributed by atoms with Crippen LogP contribution in [0.3, 0.4) is 0 Å². The molecule has 0 aliphatic carbocycles. The van der Waals surface area contributed by atoms with E-state index in [2.05, 4.69) is 10.1 Å². The van der Waals surface area contributed by atoms with E-state index >= 15 is 0 Å². The van der Waals surface area contributed by atoms with Gasteiger partial charge < -0.3 is 29.2 Å². The predicted octanol–water partition coefficient (Wildman–Crippen LogP) is 2.41. The molecule has 3 rings (SSSR count). The summed E-state index contributed by atoms with van der Waals surface area (Å²) in [5.74, 6) is 0.300. The van der Waals surface area contributed by atoms with E-state index in [0.717, 1.165) is 0 Å². The lowest BCUT2D eigenvalue weighted by atomic mass is 10.2. The van der Waals surface area contributed by atoms with Crippen molar-refractivity contribution in [3.8, 4) is 23.0 Å². The van der Waals surface area contributed by atoms with Crippen LogP contribution < -0.4 is 24.3 Å². The topological polar surface area (TPSA) is 86.3 Å². The number of methoxy groups -OCH3 is 1. The van der Waals surface area contributed by atoms with Crippen LogP contribution in [-0.4, -0.2) is 50.8 Å². The van der Waals surface area contributed by atoms with Crippen molar-refractivity contribution in [1.29, 1.82) is 0 Å². The molecule has 0 radical (unpaired) electrons. The molecule has 0 saturated carbocycles. The summed E-state index contributed by atoms with van der Waals surface area (Å²) >= 11 is 0. The molecule has 0 bridgehead atoms. The Kier molecular flexibility index (Phi) is 6.55. The Bertz CT molecular complexity index is 938. The number of likely N-dealkylation sites (N-methyl/N-ethyl adjacent to an activating group) is 1. The Morgan fingerprint density at radius 3 is 2.63 bits per heavy atom. The molecule has 0 saturated heterocycles. The van der Waals surface area contributed by atoms with Gasteiger partial charge in [-0.15, -0.1) is 0 Å². The van der Waals surface area contributed by atoms with E-state index in [0.29, 0.717) is 22.6 Å². The highest BCUT2D eigenvalue weighted by Crippen LogP contribution is 2.32. The van der Waals surface area contributed by atoms with Crippen LogP contribution in [0.1, 0.15) is 15.9 Å². The normalized spacial score (nSPS) is 11.9. The van der Waals surface area contributed by atoms with Crippen molar-refractivity contribution in [1.82, 2.24) is 10.2 Å². The summed E-state index contributed by atoms with van der Waals surface area (Å²) in [5, 5.41) is 2.56. The maximum atomic E-state index is 12.4. The van der Waals surface area contributed by atoms with Gasteiger partial charge in [-0.05, 0) is 35.9 Å². The van der Waals surface area contributed by atoms with Crippen molar-refractivity contribution in [2.24, 2.45) is 0 Å². The number of alkyl halides is 2. The van der Waals surface area contributed by atoms with Crippen molar-refractivity contribution in [3.63, 3.8) is 0 Å². The maximum Gasteiger partial charge on any atom is 0.387 e. The van der Waals surface area contributed by atoms with E-state index in [-0.39, 0.29) is 37.3 Å². The van der Waals surface area contributed by atoms with Crippen molar-refractivity contribution >= 4 is 11.8 Å². The van der Waals surface area contributed by atoms with Gasteiger partial charge >= 0.3 is 6.61 Å². The third-order valence-electron chi connectivity index (χ3n) is 4.32. The van der Waals surface area contributed by atoms with E-state index in [1.807, 2.05) is 0 Å². The molecule has 30 heavy (non-hydrogen) atoms. The number of hydrogen-bond donors (Lipinski definition) is 1. The second kappa shape index (κ2) is 9.29. The zero-order valence-corrected chi connectivity index (χ0v) is 16.3. The Morgan fingerprint density at radius 2 is 1.90 bits per heavy atom. The maximum absolute atomic E-state index is 12.4. The van der Waals surface area contributed by atoms with E-state index in [4.69, 9.17) is 14.2 Å². The SMILES string of the molecule is COc1cc(CN(C)C(=O)CNC(=O)c2ccc3c(c2)OCO3)ccc1OC(F)F. The van der Waals surface area contributed by atoms with Crippen LogP contribution in [-0.2, 0) is 11.3 Å². The molecular formula is C20H20F2N2O6. The second-order valence-corrected chi connectivity index (χ2v) is 6.36. The van der Waals surface area contributed by atoms with Crippen molar-refractivity contribution < 1.29 is 37.3 Å². The van der Waals surface area contributed by atoms with Gasteiger partial charge in [0, 0.05) is 19.2 Å². The molecule has 0 atom stereocenters. The molecule has 2 amide bonds. The number of rotatable bonds is 8. The number of nitrogens with one attached hydrogen (secondary N) is 1. The third kappa shape index (κ3) is 5.07. The zero-order valence-electron chi connectivity index (χ0n) is 16.3. The Morgan fingerprint density at radius 1 is 1.13 bits per heavy atom. The number of carbonyl (C=O) groups is 2. The number of ether oxygens (including phenoxy) is 4. The standard InChI is InChI=1S/C20H20F2N2O6/c1-24(10-12-3-5-15(30-20(21)22)16(7-12)27-2)18(25)9-23-19(26)13-4-6-14-17(8-13)29-11-28-14/h3-8,20H,9-11H2,1-2H3,(H,23,26). The number of hydrogen-bond acceptors (Lipinski definition) is 6. The number of amides is 2. The summed E-state index contributed by atoms with van der Waals surface area (Å²) < 4.78 is 44.7. The molecule has 1 heterocycles. The molecule has 0 aromatic heterocycles. The van der Waals surface area contributed by atoms with Crippen LogP contribution in [0.5, 0.6) is 23.0 Å². The van der Waals surface area contributed by atoms with Crippen LogP contribution >= 0.6 is 0 Å². The Hall–Kier alpha value is -3.56. The number of halogens is 2. The van der Waals surface area contributed by atoms with Gasteiger partial charge in [-0.1, -0.05) is 6.07 Å². The predicted molar refractivity (Wildman–Crippen MR) is 101 cm³/mol.